The summed E-state index contributed by atoms with van der Waals surface area (Å²) in [6, 6.07) is 11.7. The number of carbonyl (C=O) groups excluding carboxylic acids is 1. The molecule has 0 aliphatic rings. The molecule has 0 unspecified atom stereocenters. The second kappa shape index (κ2) is 5.41. The number of hydrogen-bond acceptors (Lipinski definition) is 4. The Bertz CT molecular complexity index is 611. The van der Waals surface area contributed by atoms with Gasteiger partial charge in [-0.2, -0.15) is 0 Å². The van der Waals surface area contributed by atoms with Gasteiger partial charge in [-0.25, -0.2) is 0 Å². The van der Waals surface area contributed by atoms with E-state index in [2.05, 4.69) is 0 Å². The van der Waals surface area contributed by atoms with Gasteiger partial charge < -0.3 is 21.3 Å². The summed E-state index contributed by atoms with van der Waals surface area (Å²) in [7, 11) is 0. The minimum absolute atomic E-state index is 0.172. The number of anilines is 1. The van der Waals surface area contributed by atoms with E-state index in [1.54, 1.807) is 36.4 Å². The van der Waals surface area contributed by atoms with Gasteiger partial charge >= 0.3 is 0 Å². The van der Waals surface area contributed by atoms with Crippen molar-refractivity contribution in [1.29, 1.82) is 0 Å². The van der Waals surface area contributed by atoms with Crippen LogP contribution in [0.3, 0.4) is 0 Å². The zero-order valence-electron chi connectivity index (χ0n) is 10.2. The van der Waals surface area contributed by atoms with Crippen LogP contribution in [0.2, 0.25) is 0 Å². The van der Waals surface area contributed by atoms with Crippen LogP contribution in [0.1, 0.15) is 15.9 Å². The van der Waals surface area contributed by atoms with Gasteiger partial charge in [0.2, 0.25) is 0 Å². The zero-order valence-corrected chi connectivity index (χ0v) is 10.2. The third-order valence-corrected chi connectivity index (χ3v) is 2.67. The maximum Gasteiger partial charge on any atom is 0.252 e. The molecule has 0 saturated carbocycles. The summed E-state index contributed by atoms with van der Waals surface area (Å²) in [5.74, 6) is 0.0186. The third-order valence-electron chi connectivity index (χ3n) is 2.67. The van der Waals surface area contributed by atoms with Gasteiger partial charge in [0.25, 0.3) is 5.91 Å². The van der Waals surface area contributed by atoms with E-state index >= 15 is 0 Å². The highest BCUT2D eigenvalue weighted by molar-refractivity contribution is 5.97. The van der Waals surface area contributed by atoms with E-state index < -0.39 is 5.91 Å². The van der Waals surface area contributed by atoms with Crippen LogP contribution in [0.5, 0.6) is 11.5 Å². The van der Waals surface area contributed by atoms with Crippen LogP contribution < -0.4 is 16.2 Å². The van der Waals surface area contributed by atoms with Crippen LogP contribution in [0.25, 0.3) is 0 Å². The van der Waals surface area contributed by atoms with Crippen LogP contribution in [0, 0.1) is 0 Å². The molecule has 0 aliphatic heterocycles. The minimum Gasteiger partial charge on any atom is -0.454 e. The Balaban J connectivity index is 2.46. The molecule has 0 saturated heterocycles. The fraction of sp³-hybridized carbons (Fsp3) is 0.0714. The molecule has 2 aromatic rings. The molecule has 5 heteroatoms. The van der Waals surface area contributed by atoms with Gasteiger partial charge in [0.15, 0.2) is 5.75 Å². The molecule has 98 valence electrons. The number of primary amides is 1. The number of aliphatic hydroxyl groups excluding tert-OH is 1. The van der Waals surface area contributed by atoms with Crippen molar-refractivity contribution >= 4 is 11.6 Å². The average Bonchev–Trinajstić information content (AvgIpc) is 2.41. The Morgan fingerprint density at radius 3 is 2.58 bits per heavy atom. The van der Waals surface area contributed by atoms with Gasteiger partial charge in [0.1, 0.15) is 5.75 Å². The van der Waals surface area contributed by atoms with Gasteiger partial charge in [0.05, 0.1) is 17.9 Å². The number of aliphatic hydroxyl groups is 1. The monoisotopic (exact) mass is 258 g/mol. The summed E-state index contributed by atoms with van der Waals surface area (Å²) >= 11 is 0. The molecule has 0 atom stereocenters. The number of hydrogen-bond donors (Lipinski definition) is 3. The molecule has 0 aromatic heterocycles. The number of carbonyl (C=O) groups is 1. The highest BCUT2D eigenvalue weighted by Crippen LogP contribution is 2.32. The first kappa shape index (κ1) is 12.9. The Hall–Kier alpha value is -2.53. The van der Waals surface area contributed by atoms with Crippen molar-refractivity contribution in [1.82, 2.24) is 0 Å². The molecular formula is C14H14N2O3. The molecule has 5 N–H and O–H groups in total. The van der Waals surface area contributed by atoms with Crippen molar-refractivity contribution in [3.8, 4) is 11.5 Å². The van der Waals surface area contributed by atoms with Crippen LogP contribution >= 0.6 is 0 Å². The number of rotatable bonds is 4. The van der Waals surface area contributed by atoms with Crippen LogP contribution in [0.4, 0.5) is 5.69 Å². The number of ether oxygens (including phenoxy) is 1. The van der Waals surface area contributed by atoms with E-state index in [0.717, 1.165) is 0 Å². The Labute approximate surface area is 110 Å². The van der Waals surface area contributed by atoms with E-state index in [1.807, 2.05) is 0 Å². The first-order valence-electron chi connectivity index (χ1n) is 5.68. The molecule has 0 heterocycles. The van der Waals surface area contributed by atoms with E-state index in [1.165, 1.54) is 6.07 Å². The summed E-state index contributed by atoms with van der Waals surface area (Å²) in [6.07, 6.45) is 0. The molecule has 1 amide bonds. The van der Waals surface area contributed by atoms with Crippen LogP contribution in [-0.4, -0.2) is 11.0 Å². The quantitative estimate of drug-likeness (QED) is 0.726. The normalized spacial score (nSPS) is 10.2. The van der Waals surface area contributed by atoms with Gasteiger partial charge in [0, 0.05) is 5.56 Å². The molecule has 2 rings (SSSR count). The molecular weight excluding hydrogens is 244 g/mol. The zero-order chi connectivity index (χ0) is 13.8. The molecule has 2 aromatic carbocycles. The summed E-state index contributed by atoms with van der Waals surface area (Å²) in [5.41, 5.74) is 12.2. The number of benzene rings is 2. The van der Waals surface area contributed by atoms with Crippen molar-refractivity contribution in [3.63, 3.8) is 0 Å². The fourth-order valence-electron chi connectivity index (χ4n) is 1.71. The summed E-state index contributed by atoms with van der Waals surface area (Å²) < 4.78 is 5.64. The second-order valence-electron chi connectivity index (χ2n) is 3.96. The summed E-state index contributed by atoms with van der Waals surface area (Å²) in [6.45, 7) is -0.172. The lowest BCUT2D eigenvalue weighted by Gasteiger charge is -2.13. The van der Waals surface area contributed by atoms with Crippen molar-refractivity contribution in [2.45, 2.75) is 6.61 Å². The average molecular weight is 258 g/mol. The summed E-state index contributed by atoms with van der Waals surface area (Å²) in [4.78, 5) is 11.4. The molecule has 5 nitrogen and oxygen atoms in total. The molecule has 0 spiro atoms. The van der Waals surface area contributed by atoms with Crippen LogP contribution in [-0.2, 0) is 6.61 Å². The lowest BCUT2D eigenvalue weighted by Crippen LogP contribution is -2.13. The van der Waals surface area contributed by atoms with E-state index in [-0.39, 0.29) is 17.9 Å². The fourth-order valence-corrected chi connectivity index (χ4v) is 1.71. The first-order valence-corrected chi connectivity index (χ1v) is 5.68. The lowest BCUT2D eigenvalue weighted by molar-refractivity contribution is 0.0998. The molecule has 0 bridgehead atoms. The SMILES string of the molecule is NC(=O)c1cccc(N)c1Oc1ccccc1CO. The maximum atomic E-state index is 11.4. The standard InChI is InChI=1S/C14H14N2O3/c15-11-6-3-5-10(14(16)18)13(11)19-12-7-2-1-4-9(12)8-17/h1-7,17H,8,15H2,(H2,16,18). The minimum atomic E-state index is -0.622. The summed E-state index contributed by atoms with van der Waals surface area (Å²) in [5, 5.41) is 9.24. The van der Waals surface area contributed by atoms with Crippen molar-refractivity contribution in [3.05, 3.63) is 53.6 Å². The van der Waals surface area contributed by atoms with Gasteiger partial charge in [-0.15, -0.1) is 0 Å². The smallest absolute Gasteiger partial charge is 0.252 e. The number of amides is 1. The van der Waals surface area contributed by atoms with Gasteiger partial charge in [-0.05, 0) is 18.2 Å². The molecule has 0 radical (unpaired) electrons. The molecule has 19 heavy (non-hydrogen) atoms. The highest BCUT2D eigenvalue weighted by atomic mass is 16.5. The highest BCUT2D eigenvalue weighted by Gasteiger charge is 2.14. The molecule has 0 fully saturated rings. The number of nitrogen functional groups attached to an aromatic ring is 1. The second-order valence-corrected chi connectivity index (χ2v) is 3.96. The lowest BCUT2D eigenvalue weighted by atomic mass is 10.1. The van der Waals surface area contributed by atoms with Crippen LogP contribution in [0.15, 0.2) is 42.5 Å². The van der Waals surface area contributed by atoms with Gasteiger partial charge in [-0.3, -0.25) is 4.79 Å². The van der Waals surface area contributed by atoms with Crippen molar-refractivity contribution < 1.29 is 14.6 Å². The number of para-hydroxylation sites is 2. The third kappa shape index (κ3) is 2.66. The Morgan fingerprint density at radius 2 is 1.89 bits per heavy atom. The predicted octanol–water partition coefficient (Wildman–Crippen LogP) is 1.65. The largest absolute Gasteiger partial charge is 0.454 e. The molecule has 0 aliphatic carbocycles. The Morgan fingerprint density at radius 1 is 1.16 bits per heavy atom. The van der Waals surface area contributed by atoms with Gasteiger partial charge in [-0.1, -0.05) is 24.3 Å². The van der Waals surface area contributed by atoms with E-state index in [0.29, 0.717) is 17.0 Å². The van der Waals surface area contributed by atoms with Crippen molar-refractivity contribution in [2.75, 3.05) is 5.73 Å². The van der Waals surface area contributed by atoms with E-state index in [9.17, 15) is 9.90 Å². The first-order chi connectivity index (χ1) is 9.13. The van der Waals surface area contributed by atoms with E-state index in [4.69, 9.17) is 16.2 Å². The van der Waals surface area contributed by atoms with Crippen molar-refractivity contribution in [2.24, 2.45) is 5.73 Å². The topological polar surface area (TPSA) is 98.6 Å². The predicted molar refractivity (Wildman–Crippen MR) is 71.8 cm³/mol. The maximum absolute atomic E-state index is 11.4. The number of nitrogens with two attached hydrogens (primary N) is 2. The Kier molecular flexibility index (Phi) is 3.68.